The summed E-state index contributed by atoms with van der Waals surface area (Å²) < 4.78 is 7.22. The Morgan fingerprint density at radius 1 is 1.67 bits per heavy atom. The Morgan fingerprint density at radius 2 is 2.50 bits per heavy atom. The molecule has 0 spiro atoms. The third-order valence-corrected chi connectivity index (χ3v) is 4.06. The summed E-state index contributed by atoms with van der Waals surface area (Å²) in [6, 6.07) is 1.44. The van der Waals surface area contributed by atoms with Crippen LogP contribution < -0.4 is 11.1 Å². The van der Waals surface area contributed by atoms with Gasteiger partial charge >= 0.3 is 0 Å². The summed E-state index contributed by atoms with van der Waals surface area (Å²) in [7, 11) is 0. The maximum Gasteiger partial charge on any atom is 0.244 e. The van der Waals surface area contributed by atoms with E-state index < -0.39 is 0 Å². The predicted octanol–water partition coefficient (Wildman–Crippen LogP) is -0.325. The fourth-order valence-electron chi connectivity index (χ4n) is 2.84. The Kier molecular flexibility index (Phi) is 2.83. The Bertz CT molecular complexity index is 433. The summed E-state index contributed by atoms with van der Waals surface area (Å²) in [5.41, 5.74) is 6.06. The molecule has 1 saturated heterocycles. The Hall–Kier alpha value is -1.40. The number of carbonyl (C=O) groups excluding carboxylic acids is 1. The lowest BCUT2D eigenvalue weighted by atomic mass is 9.72. The summed E-state index contributed by atoms with van der Waals surface area (Å²) in [4.78, 5) is 12.1. The van der Waals surface area contributed by atoms with E-state index in [1.165, 1.54) is 0 Å². The van der Waals surface area contributed by atoms with E-state index in [0.717, 1.165) is 13.0 Å². The van der Waals surface area contributed by atoms with Crippen LogP contribution in [0.2, 0.25) is 0 Å². The number of rotatable bonds is 3. The van der Waals surface area contributed by atoms with Gasteiger partial charge in [-0.1, -0.05) is 0 Å². The standard InChI is InChI=1S/C12H18N4O2/c1-7(16-5-2-4-14-16)12(17)15-10-9(13)8-3-6-18-11(8)10/h2,4-5,7-11H,3,6,13H2,1H3,(H,15,17). The third-order valence-electron chi connectivity index (χ3n) is 4.06. The summed E-state index contributed by atoms with van der Waals surface area (Å²) >= 11 is 0. The van der Waals surface area contributed by atoms with Crippen molar-refractivity contribution in [1.29, 1.82) is 0 Å². The zero-order valence-electron chi connectivity index (χ0n) is 10.3. The highest BCUT2D eigenvalue weighted by molar-refractivity contribution is 5.80. The van der Waals surface area contributed by atoms with E-state index in [2.05, 4.69) is 10.4 Å². The molecule has 1 aromatic heterocycles. The molecular weight excluding hydrogens is 232 g/mol. The molecule has 1 aromatic rings. The average molecular weight is 250 g/mol. The molecule has 18 heavy (non-hydrogen) atoms. The van der Waals surface area contributed by atoms with Crippen LogP contribution in [0.15, 0.2) is 18.5 Å². The van der Waals surface area contributed by atoms with E-state index in [1.54, 1.807) is 23.1 Å². The smallest absolute Gasteiger partial charge is 0.244 e. The minimum atomic E-state index is -0.326. The maximum atomic E-state index is 12.1. The second-order valence-electron chi connectivity index (χ2n) is 5.06. The van der Waals surface area contributed by atoms with Gasteiger partial charge in [-0.25, -0.2) is 0 Å². The first-order valence-electron chi connectivity index (χ1n) is 6.35. The molecule has 2 heterocycles. The van der Waals surface area contributed by atoms with E-state index in [-0.39, 0.29) is 30.1 Å². The topological polar surface area (TPSA) is 82.2 Å². The van der Waals surface area contributed by atoms with Gasteiger partial charge in [0.25, 0.3) is 0 Å². The molecule has 6 nitrogen and oxygen atoms in total. The van der Waals surface area contributed by atoms with Crippen LogP contribution in [0, 0.1) is 5.92 Å². The molecular formula is C12H18N4O2. The Balaban J connectivity index is 1.61. The summed E-state index contributed by atoms with van der Waals surface area (Å²) in [6.07, 6.45) is 4.55. The molecule has 1 aliphatic carbocycles. The normalized spacial score (nSPS) is 35.7. The third kappa shape index (κ3) is 1.72. The van der Waals surface area contributed by atoms with Gasteiger partial charge in [0.05, 0.1) is 12.1 Å². The van der Waals surface area contributed by atoms with Crippen LogP contribution in [0.1, 0.15) is 19.4 Å². The van der Waals surface area contributed by atoms with Gasteiger partial charge in [0.1, 0.15) is 6.04 Å². The number of aromatic nitrogens is 2. The van der Waals surface area contributed by atoms with Gasteiger partial charge in [0.2, 0.25) is 5.91 Å². The molecule has 98 valence electrons. The minimum Gasteiger partial charge on any atom is -0.376 e. The first-order chi connectivity index (χ1) is 8.68. The van der Waals surface area contributed by atoms with Crippen molar-refractivity contribution in [2.24, 2.45) is 11.7 Å². The van der Waals surface area contributed by atoms with Gasteiger partial charge in [-0.3, -0.25) is 9.48 Å². The number of nitrogens with zero attached hydrogens (tertiary/aromatic N) is 2. The van der Waals surface area contributed by atoms with Crippen molar-refractivity contribution in [3.8, 4) is 0 Å². The van der Waals surface area contributed by atoms with E-state index in [1.807, 2.05) is 6.92 Å². The molecule has 1 saturated carbocycles. The summed E-state index contributed by atoms with van der Waals surface area (Å²) in [5.74, 6) is 0.350. The van der Waals surface area contributed by atoms with Crippen LogP contribution in [0.5, 0.6) is 0 Å². The molecule has 0 bridgehead atoms. The van der Waals surface area contributed by atoms with E-state index in [0.29, 0.717) is 5.92 Å². The Morgan fingerprint density at radius 3 is 3.22 bits per heavy atom. The molecule has 2 aliphatic rings. The zero-order chi connectivity index (χ0) is 12.7. The second kappa shape index (κ2) is 4.37. The van der Waals surface area contributed by atoms with Gasteiger partial charge in [0.15, 0.2) is 0 Å². The SMILES string of the molecule is CC(C(=O)NC1C(N)C2CCOC21)n1cccn1. The highest BCUT2D eigenvalue weighted by Gasteiger charge is 2.52. The number of carbonyl (C=O) groups is 1. The number of hydrogen-bond donors (Lipinski definition) is 2. The summed E-state index contributed by atoms with van der Waals surface area (Å²) in [6.45, 7) is 2.57. The van der Waals surface area contributed by atoms with Crippen LogP contribution in [0.3, 0.4) is 0 Å². The quantitative estimate of drug-likeness (QED) is 0.770. The average Bonchev–Trinajstić information content (AvgIpc) is 3.03. The van der Waals surface area contributed by atoms with Crippen molar-refractivity contribution in [2.75, 3.05) is 6.61 Å². The van der Waals surface area contributed by atoms with Crippen molar-refractivity contribution in [3.63, 3.8) is 0 Å². The van der Waals surface area contributed by atoms with Crippen LogP contribution in [-0.2, 0) is 9.53 Å². The second-order valence-corrected chi connectivity index (χ2v) is 5.06. The van der Waals surface area contributed by atoms with Gasteiger partial charge in [0, 0.05) is 31.0 Å². The van der Waals surface area contributed by atoms with Crippen molar-refractivity contribution in [2.45, 2.75) is 37.6 Å². The maximum absolute atomic E-state index is 12.1. The molecule has 5 unspecified atom stereocenters. The molecule has 1 aliphatic heterocycles. The lowest BCUT2D eigenvalue weighted by Crippen LogP contribution is -2.69. The van der Waals surface area contributed by atoms with Crippen LogP contribution in [0.4, 0.5) is 0 Å². The largest absolute Gasteiger partial charge is 0.376 e. The molecule has 2 fully saturated rings. The number of nitrogens with one attached hydrogen (secondary N) is 1. The van der Waals surface area contributed by atoms with Crippen molar-refractivity contribution in [1.82, 2.24) is 15.1 Å². The predicted molar refractivity (Wildman–Crippen MR) is 64.7 cm³/mol. The number of nitrogens with two attached hydrogens (primary N) is 1. The summed E-state index contributed by atoms with van der Waals surface area (Å²) in [5, 5.41) is 7.04. The lowest BCUT2D eigenvalue weighted by Gasteiger charge is -2.45. The van der Waals surface area contributed by atoms with Crippen molar-refractivity contribution >= 4 is 5.91 Å². The molecule has 6 heteroatoms. The highest BCUT2D eigenvalue weighted by atomic mass is 16.5. The van der Waals surface area contributed by atoms with E-state index in [4.69, 9.17) is 10.5 Å². The van der Waals surface area contributed by atoms with Crippen LogP contribution in [0.25, 0.3) is 0 Å². The minimum absolute atomic E-state index is 0.0197. The number of fused-ring (bicyclic) bond motifs is 1. The molecule has 0 aromatic carbocycles. The van der Waals surface area contributed by atoms with Gasteiger partial charge < -0.3 is 15.8 Å². The van der Waals surface area contributed by atoms with Crippen molar-refractivity contribution in [3.05, 3.63) is 18.5 Å². The first-order valence-corrected chi connectivity index (χ1v) is 6.35. The lowest BCUT2D eigenvalue weighted by molar-refractivity contribution is -0.128. The fraction of sp³-hybridized carbons (Fsp3) is 0.667. The Labute approximate surface area is 105 Å². The molecule has 3 rings (SSSR count). The van der Waals surface area contributed by atoms with E-state index >= 15 is 0 Å². The molecule has 5 atom stereocenters. The molecule has 1 amide bonds. The number of ether oxygens (including phenoxy) is 1. The molecule has 0 radical (unpaired) electrons. The van der Waals surface area contributed by atoms with Gasteiger partial charge in [-0.15, -0.1) is 0 Å². The van der Waals surface area contributed by atoms with Crippen LogP contribution >= 0.6 is 0 Å². The van der Waals surface area contributed by atoms with Gasteiger partial charge in [-0.05, 0) is 19.4 Å². The first kappa shape index (κ1) is 11.7. The zero-order valence-corrected chi connectivity index (χ0v) is 10.3. The fourth-order valence-corrected chi connectivity index (χ4v) is 2.84. The van der Waals surface area contributed by atoms with E-state index in [9.17, 15) is 4.79 Å². The van der Waals surface area contributed by atoms with Crippen molar-refractivity contribution < 1.29 is 9.53 Å². The molecule has 3 N–H and O–H groups in total. The van der Waals surface area contributed by atoms with Crippen LogP contribution in [-0.4, -0.2) is 40.5 Å². The van der Waals surface area contributed by atoms with Gasteiger partial charge in [-0.2, -0.15) is 5.10 Å². The number of amides is 1. The number of hydrogen-bond acceptors (Lipinski definition) is 4. The highest BCUT2D eigenvalue weighted by Crippen LogP contribution is 2.37. The monoisotopic (exact) mass is 250 g/mol.